The first-order chi connectivity index (χ1) is 13.3. The summed E-state index contributed by atoms with van der Waals surface area (Å²) in [5, 5.41) is 3.16. The second-order valence-electron chi connectivity index (χ2n) is 7.98. The number of hydrogen-bond donors (Lipinski definition) is 1. The first-order valence-electron chi connectivity index (χ1n) is 11.1. The highest BCUT2D eigenvalue weighted by atomic mass is 16.6. The Balaban J connectivity index is 1.58. The standard InChI is InChI=1S/C23H36N2O2/c1-3-5-7-9-13-17-24-22(26)23-20-16-12-11-15-19(20)21(27-23)25(23)18-14-10-8-6-4-2/h11-12,15-16,21H,3-10,13-14,17-18H2,1-2H3,(H,24,26). The van der Waals surface area contributed by atoms with Gasteiger partial charge in [-0.05, 0) is 12.8 Å². The third kappa shape index (κ3) is 4.07. The molecule has 4 heteroatoms. The van der Waals surface area contributed by atoms with E-state index in [9.17, 15) is 4.79 Å². The zero-order valence-corrected chi connectivity index (χ0v) is 17.1. The molecular formula is C23H36N2O2. The van der Waals surface area contributed by atoms with Crippen LogP contribution in [0.4, 0.5) is 0 Å². The number of nitrogens with one attached hydrogen (secondary N) is 1. The van der Waals surface area contributed by atoms with Gasteiger partial charge in [-0.15, -0.1) is 0 Å². The van der Waals surface area contributed by atoms with Crippen LogP contribution in [0.5, 0.6) is 0 Å². The van der Waals surface area contributed by atoms with Crippen molar-refractivity contribution in [3.05, 3.63) is 35.4 Å². The molecule has 3 aliphatic rings. The molecule has 1 aromatic carbocycles. The van der Waals surface area contributed by atoms with Crippen molar-refractivity contribution in [2.24, 2.45) is 0 Å². The largest absolute Gasteiger partial charge is 0.352 e. The Morgan fingerprint density at radius 1 is 1.00 bits per heavy atom. The van der Waals surface area contributed by atoms with Gasteiger partial charge in [-0.3, -0.25) is 4.79 Å². The van der Waals surface area contributed by atoms with Gasteiger partial charge in [0.05, 0.1) is 0 Å². The third-order valence-electron chi connectivity index (χ3n) is 5.94. The van der Waals surface area contributed by atoms with Gasteiger partial charge in [0.15, 0.2) is 0 Å². The zero-order chi connectivity index (χ0) is 19.1. The molecule has 2 bridgehead atoms. The second kappa shape index (κ2) is 9.70. The summed E-state index contributed by atoms with van der Waals surface area (Å²) < 4.78 is 6.17. The van der Waals surface area contributed by atoms with Crippen molar-refractivity contribution in [2.45, 2.75) is 90.0 Å². The Hall–Kier alpha value is -1.39. The summed E-state index contributed by atoms with van der Waals surface area (Å²) in [6.45, 7) is 6.12. The minimum Gasteiger partial charge on any atom is -0.352 e. The van der Waals surface area contributed by atoms with Crippen molar-refractivity contribution < 1.29 is 9.53 Å². The van der Waals surface area contributed by atoms with E-state index in [0.29, 0.717) is 0 Å². The lowest BCUT2D eigenvalue weighted by Gasteiger charge is -2.49. The molecule has 4 rings (SSSR count). The number of hydrogen-bond acceptors (Lipinski definition) is 3. The number of benzene rings is 1. The van der Waals surface area contributed by atoms with Crippen LogP contribution in [0, 0.1) is 0 Å². The molecule has 1 aromatic rings. The maximum atomic E-state index is 13.1. The molecule has 2 atom stereocenters. The van der Waals surface area contributed by atoms with Gasteiger partial charge in [0.25, 0.3) is 5.91 Å². The van der Waals surface area contributed by atoms with Gasteiger partial charge in [0, 0.05) is 24.2 Å². The van der Waals surface area contributed by atoms with Crippen LogP contribution in [-0.4, -0.2) is 23.9 Å². The van der Waals surface area contributed by atoms with E-state index in [-0.39, 0.29) is 12.1 Å². The highest BCUT2D eigenvalue weighted by molar-refractivity contribution is 5.89. The first kappa shape index (κ1) is 20.3. The van der Waals surface area contributed by atoms with Crippen molar-refractivity contribution in [3.8, 4) is 0 Å². The van der Waals surface area contributed by atoms with Crippen LogP contribution in [0.1, 0.15) is 95.4 Å². The normalized spacial score (nSPS) is 23.1. The molecule has 0 aliphatic carbocycles. The van der Waals surface area contributed by atoms with Gasteiger partial charge in [0.2, 0.25) is 5.72 Å². The van der Waals surface area contributed by atoms with E-state index in [1.54, 1.807) is 0 Å². The molecule has 1 saturated heterocycles. The average Bonchev–Trinajstić information content (AvgIpc) is 3.16. The van der Waals surface area contributed by atoms with E-state index in [4.69, 9.17) is 4.74 Å². The maximum Gasteiger partial charge on any atom is 0.272 e. The smallest absolute Gasteiger partial charge is 0.272 e. The van der Waals surface area contributed by atoms with Crippen LogP contribution in [0.15, 0.2) is 24.3 Å². The van der Waals surface area contributed by atoms with Crippen molar-refractivity contribution >= 4 is 5.91 Å². The fourth-order valence-electron chi connectivity index (χ4n) is 4.40. The quantitative estimate of drug-likeness (QED) is 0.481. The molecule has 1 amide bonds. The molecule has 3 heterocycles. The predicted molar refractivity (Wildman–Crippen MR) is 109 cm³/mol. The van der Waals surface area contributed by atoms with E-state index in [1.807, 2.05) is 12.1 Å². The van der Waals surface area contributed by atoms with Crippen LogP contribution >= 0.6 is 0 Å². The molecule has 2 unspecified atom stereocenters. The van der Waals surface area contributed by atoms with E-state index < -0.39 is 5.72 Å². The average molecular weight is 373 g/mol. The van der Waals surface area contributed by atoms with E-state index in [1.165, 1.54) is 56.9 Å². The fraction of sp³-hybridized carbons (Fsp3) is 0.696. The molecule has 0 saturated carbocycles. The number of nitrogens with zero attached hydrogens (tertiary/aromatic N) is 1. The summed E-state index contributed by atoms with van der Waals surface area (Å²) in [6.07, 6.45) is 12.1. The molecule has 1 fully saturated rings. The summed E-state index contributed by atoms with van der Waals surface area (Å²) in [5.74, 6) is 0.0211. The summed E-state index contributed by atoms with van der Waals surface area (Å²) in [5.41, 5.74) is 1.34. The van der Waals surface area contributed by atoms with Crippen molar-refractivity contribution in [3.63, 3.8) is 0 Å². The summed E-state index contributed by atoms with van der Waals surface area (Å²) in [4.78, 5) is 15.4. The van der Waals surface area contributed by atoms with Crippen molar-refractivity contribution in [2.75, 3.05) is 13.1 Å². The Morgan fingerprint density at radius 3 is 2.41 bits per heavy atom. The Kier molecular flexibility index (Phi) is 7.31. The monoisotopic (exact) mass is 372 g/mol. The van der Waals surface area contributed by atoms with Gasteiger partial charge < -0.3 is 10.1 Å². The molecule has 3 aliphatic heterocycles. The lowest BCUT2D eigenvalue weighted by atomic mass is 10.0. The van der Waals surface area contributed by atoms with Gasteiger partial charge in [-0.2, -0.15) is 0 Å². The van der Waals surface area contributed by atoms with Crippen molar-refractivity contribution in [1.29, 1.82) is 0 Å². The summed E-state index contributed by atoms with van der Waals surface area (Å²) >= 11 is 0. The first-order valence-corrected chi connectivity index (χ1v) is 11.1. The lowest BCUT2D eigenvalue weighted by Crippen LogP contribution is -2.63. The summed E-state index contributed by atoms with van der Waals surface area (Å²) in [6, 6.07) is 8.23. The minimum absolute atomic E-state index is 0.0211. The number of unbranched alkanes of at least 4 members (excludes halogenated alkanes) is 8. The van der Waals surface area contributed by atoms with Crippen LogP contribution in [-0.2, 0) is 15.3 Å². The van der Waals surface area contributed by atoms with Gasteiger partial charge in [-0.1, -0.05) is 89.5 Å². The van der Waals surface area contributed by atoms with Crippen LogP contribution in [0.25, 0.3) is 0 Å². The Labute approximate surface area is 164 Å². The molecule has 0 aromatic heterocycles. The van der Waals surface area contributed by atoms with Gasteiger partial charge in [-0.25, -0.2) is 4.90 Å². The number of amides is 1. The Bertz CT molecular complexity index is 618. The van der Waals surface area contributed by atoms with Crippen molar-refractivity contribution in [1.82, 2.24) is 10.2 Å². The molecule has 27 heavy (non-hydrogen) atoms. The zero-order valence-electron chi connectivity index (χ0n) is 17.1. The van der Waals surface area contributed by atoms with E-state index in [2.05, 4.69) is 36.2 Å². The molecule has 1 N–H and O–H groups in total. The number of carbonyl (C=O) groups excluding carboxylic acids is 1. The SMILES string of the molecule is CCCCCCCNC(=O)C12OC(c3ccccc31)N2CCCCCCC. The highest BCUT2D eigenvalue weighted by Gasteiger charge is 2.66. The molecule has 4 nitrogen and oxygen atoms in total. The molecule has 0 spiro atoms. The molecular weight excluding hydrogens is 336 g/mol. The number of rotatable bonds is 13. The highest BCUT2D eigenvalue weighted by Crippen LogP contribution is 2.59. The van der Waals surface area contributed by atoms with Crippen LogP contribution in [0.3, 0.4) is 0 Å². The molecule has 0 radical (unpaired) electrons. The third-order valence-corrected chi connectivity index (χ3v) is 5.94. The fourth-order valence-corrected chi connectivity index (χ4v) is 4.40. The maximum absolute atomic E-state index is 13.1. The van der Waals surface area contributed by atoms with Crippen LogP contribution in [0.2, 0.25) is 0 Å². The predicted octanol–water partition coefficient (Wildman–Crippen LogP) is 5.24. The molecule has 150 valence electrons. The van der Waals surface area contributed by atoms with Gasteiger partial charge in [0.1, 0.15) is 6.23 Å². The number of carbonyl (C=O) groups is 1. The second-order valence-corrected chi connectivity index (χ2v) is 7.98. The minimum atomic E-state index is -0.880. The van der Waals surface area contributed by atoms with Crippen LogP contribution < -0.4 is 5.32 Å². The number of ether oxygens (including phenoxy) is 1. The Morgan fingerprint density at radius 2 is 1.67 bits per heavy atom. The van der Waals surface area contributed by atoms with E-state index in [0.717, 1.165) is 31.5 Å². The summed E-state index contributed by atoms with van der Waals surface area (Å²) in [7, 11) is 0. The topological polar surface area (TPSA) is 41.6 Å². The lowest BCUT2D eigenvalue weighted by molar-refractivity contribution is -0.329. The van der Waals surface area contributed by atoms with Gasteiger partial charge >= 0.3 is 0 Å². The van der Waals surface area contributed by atoms with E-state index >= 15 is 0 Å².